The van der Waals surface area contributed by atoms with Gasteiger partial charge in [0.15, 0.2) is 10.8 Å². The number of hydrogen-bond donors (Lipinski definition) is 1. The van der Waals surface area contributed by atoms with Gasteiger partial charge in [-0.25, -0.2) is 14.6 Å². The highest BCUT2D eigenvalue weighted by atomic mass is 32.2. The van der Waals surface area contributed by atoms with Crippen molar-refractivity contribution in [1.29, 1.82) is 0 Å². The Hall–Kier alpha value is -2.87. The minimum Gasteiger partial charge on any atom is -0.326 e. The molecule has 0 unspecified atom stereocenters. The van der Waals surface area contributed by atoms with Crippen LogP contribution in [0.15, 0.2) is 52.7 Å². The van der Waals surface area contributed by atoms with Crippen LogP contribution < -0.4 is 5.56 Å². The van der Waals surface area contributed by atoms with Gasteiger partial charge >= 0.3 is 0 Å². The number of rotatable bonds is 5. The lowest BCUT2D eigenvalue weighted by atomic mass is 10.1. The smallest absolute Gasteiger partial charge is 0.262 e. The Kier molecular flexibility index (Phi) is 4.57. The molecular formula is C19H20N6OS. The van der Waals surface area contributed by atoms with Crippen molar-refractivity contribution in [3.8, 4) is 5.69 Å². The van der Waals surface area contributed by atoms with E-state index in [1.165, 1.54) is 5.69 Å². The summed E-state index contributed by atoms with van der Waals surface area (Å²) in [6.07, 6.45) is 3.45. The van der Waals surface area contributed by atoms with Gasteiger partial charge in [-0.2, -0.15) is 5.10 Å². The molecule has 27 heavy (non-hydrogen) atoms. The molecule has 0 atom stereocenters. The standard InChI is InChI=1S/C19H20N6OS/c1-12(2)15-10-20-19(24(15)3)27-11-16-22-17-14(18(26)23-16)9-21-25(17)13-7-5-4-6-8-13/h4-10,12H,11H2,1-3H3,(H,22,23,26). The molecule has 1 aromatic carbocycles. The van der Waals surface area contributed by atoms with Crippen LogP contribution in [-0.4, -0.2) is 29.3 Å². The van der Waals surface area contributed by atoms with E-state index in [0.29, 0.717) is 28.5 Å². The quantitative estimate of drug-likeness (QED) is 0.538. The van der Waals surface area contributed by atoms with Gasteiger partial charge in [-0.05, 0) is 18.1 Å². The van der Waals surface area contributed by atoms with E-state index in [9.17, 15) is 4.79 Å². The summed E-state index contributed by atoms with van der Waals surface area (Å²) in [5.74, 6) is 1.53. The fourth-order valence-electron chi connectivity index (χ4n) is 3.00. The number of hydrogen-bond acceptors (Lipinski definition) is 5. The van der Waals surface area contributed by atoms with Crippen molar-refractivity contribution in [2.24, 2.45) is 7.05 Å². The highest BCUT2D eigenvalue weighted by Gasteiger charge is 2.14. The lowest BCUT2D eigenvalue weighted by Crippen LogP contribution is -2.12. The molecule has 0 aliphatic rings. The molecule has 8 heteroatoms. The summed E-state index contributed by atoms with van der Waals surface area (Å²) in [6, 6.07) is 9.67. The molecular weight excluding hydrogens is 360 g/mol. The minimum atomic E-state index is -0.180. The normalized spacial score (nSPS) is 11.6. The number of nitrogens with one attached hydrogen (secondary N) is 1. The molecule has 4 rings (SSSR count). The average molecular weight is 380 g/mol. The van der Waals surface area contributed by atoms with Crippen LogP contribution in [-0.2, 0) is 12.8 Å². The average Bonchev–Trinajstić information content (AvgIpc) is 3.25. The first-order valence-electron chi connectivity index (χ1n) is 8.71. The zero-order valence-electron chi connectivity index (χ0n) is 15.4. The molecule has 1 N–H and O–H groups in total. The van der Waals surface area contributed by atoms with Crippen LogP contribution in [0.1, 0.15) is 31.3 Å². The molecule has 0 fully saturated rings. The summed E-state index contributed by atoms with van der Waals surface area (Å²) in [5, 5.41) is 5.71. The summed E-state index contributed by atoms with van der Waals surface area (Å²) in [7, 11) is 2.01. The van der Waals surface area contributed by atoms with E-state index >= 15 is 0 Å². The Bertz CT molecular complexity index is 1140. The Morgan fingerprint density at radius 2 is 1.96 bits per heavy atom. The lowest BCUT2D eigenvalue weighted by molar-refractivity contribution is 0.691. The third-order valence-electron chi connectivity index (χ3n) is 4.40. The van der Waals surface area contributed by atoms with E-state index < -0.39 is 0 Å². The highest BCUT2D eigenvalue weighted by Crippen LogP contribution is 2.24. The second-order valence-corrected chi connectivity index (χ2v) is 7.55. The molecule has 0 saturated heterocycles. The van der Waals surface area contributed by atoms with Crippen LogP contribution in [0.2, 0.25) is 0 Å². The number of aromatic nitrogens is 6. The molecule has 7 nitrogen and oxygen atoms in total. The van der Waals surface area contributed by atoms with Gasteiger partial charge in [0.25, 0.3) is 5.56 Å². The van der Waals surface area contributed by atoms with E-state index in [2.05, 4.69) is 38.5 Å². The Balaban J connectivity index is 1.66. The van der Waals surface area contributed by atoms with Gasteiger partial charge in [-0.1, -0.05) is 43.8 Å². The van der Waals surface area contributed by atoms with Gasteiger partial charge in [-0.15, -0.1) is 0 Å². The molecule has 3 heterocycles. The maximum atomic E-state index is 12.4. The van der Waals surface area contributed by atoms with Crippen LogP contribution in [0.5, 0.6) is 0 Å². The van der Waals surface area contributed by atoms with E-state index in [1.54, 1.807) is 22.6 Å². The predicted molar refractivity (Wildman–Crippen MR) is 106 cm³/mol. The van der Waals surface area contributed by atoms with Gasteiger partial charge in [0.2, 0.25) is 0 Å². The highest BCUT2D eigenvalue weighted by molar-refractivity contribution is 7.98. The summed E-state index contributed by atoms with van der Waals surface area (Å²) >= 11 is 1.55. The Morgan fingerprint density at radius 3 is 2.67 bits per heavy atom. The van der Waals surface area contributed by atoms with Crippen LogP contribution >= 0.6 is 11.8 Å². The van der Waals surface area contributed by atoms with Crippen LogP contribution in [0.3, 0.4) is 0 Å². The van der Waals surface area contributed by atoms with Crippen molar-refractivity contribution in [2.45, 2.75) is 30.7 Å². The van der Waals surface area contributed by atoms with Gasteiger partial charge < -0.3 is 9.55 Å². The maximum absolute atomic E-state index is 12.4. The minimum absolute atomic E-state index is 0.180. The summed E-state index contributed by atoms with van der Waals surface area (Å²) in [6.45, 7) is 4.28. The maximum Gasteiger partial charge on any atom is 0.262 e. The summed E-state index contributed by atoms with van der Waals surface area (Å²) < 4.78 is 3.77. The zero-order valence-corrected chi connectivity index (χ0v) is 16.2. The molecule has 0 aliphatic carbocycles. The third-order valence-corrected chi connectivity index (χ3v) is 5.45. The van der Waals surface area contributed by atoms with Gasteiger partial charge in [-0.3, -0.25) is 4.79 Å². The zero-order chi connectivity index (χ0) is 19.0. The topological polar surface area (TPSA) is 81.4 Å². The van der Waals surface area contributed by atoms with Crippen molar-refractivity contribution >= 4 is 22.8 Å². The summed E-state index contributed by atoms with van der Waals surface area (Å²) in [4.78, 5) is 24.4. The number of para-hydroxylation sites is 1. The van der Waals surface area contributed by atoms with Gasteiger partial charge in [0.1, 0.15) is 11.2 Å². The molecule has 0 saturated carbocycles. The van der Waals surface area contributed by atoms with Crippen molar-refractivity contribution in [1.82, 2.24) is 29.3 Å². The van der Waals surface area contributed by atoms with Crippen LogP contribution in [0, 0.1) is 0 Å². The third kappa shape index (κ3) is 3.28. The van der Waals surface area contributed by atoms with Crippen molar-refractivity contribution < 1.29 is 0 Å². The lowest BCUT2D eigenvalue weighted by Gasteiger charge is -2.08. The van der Waals surface area contributed by atoms with E-state index in [0.717, 1.165) is 10.8 Å². The molecule has 0 spiro atoms. The molecule has 0 radical (unpaired) electrons. The van der Waals surface area contributed by atoms with E-state index in [4.69, 9.17) is 0 Å². The second kappa shape index (κ2) is 7.03. The van der Waals surface area contributed by atoms with Crippen LogP contribution in [0.4, 0.5) is 0 Å². The predicted octanol–water partition coefficient (Wildman–Crippen LogP) is 3.26. The van der Waals surface area contributed by atoms with Gasteiger partial charge in [0, 0.05) is 18.9 Å². The van der Waals surface area contributed by atoms with Crippen LogP contribution in [0.25, 0.3) is 16.7 Å². The second-order valence-electron chi connectivity index (χ2n) is 6.61. The van der Waals surface area contributed by atoms with Gasteiger partial charge in [0.05, 0.1) is 17.6 Å². The summed E-state index contributed by atoms with van der Waals surface area (Å²) in [5.41, 5.74) is 2.43. The molecule has 0 amide bonds. The molecule has 0 bridgehead atoms. The van der Waals surface area contributed by atoms with E-state index in [1.807, 2.05) is 43.6 Å². The van der Waals surface area contributed by atoms with Crippen molar-refractivity contribution in [2.75, 3.05) is 0 Å². The first kappa shape index (κ1) is 17.5. The number of H-pyrrole nitrogens is 1. The van der Waals surface area contributed by atoms with Crippen molar-refractivity contribution in [3.05, 3.63) is 64.6 Å². The molecule has 4 aromatic rings. The number of benzene rings is 1. The monoisotopic (exact) mass is 380 g/mol. The number of aromatic amines is 1. The first-order valence-corrected chi connectivity index (χ1v) is 9.70. The fourth-order valence-corrected chi connectivity index (χ4v) is 3.83. The van der Waals surface area contributed by atoms with Crippen molar-refractivity contribution in [3.63, 3.8) is 0 Å². The van der Waals surface area contributed by atoms with E-state index in [-0.39, 0.29) is 5.56 Å². The number of nitrogens with zero attached hydrogens (tertiary/aromatic N) is 5. The molecule has 138 valence electrons. The SMILES string of the molecule is CC(C)c1cnc(SCc2nc3c(cnn3-c3ccccc3)c(=O)[nH]2)n1C. The number of fused-ring (bicyclic) bond motifs is 1. The largest absolute Gasteiger partial charge is 0.326 e. The molecule has 0 aliphatic heterocycles. The fraction of sp³-hybridized carbons (Fsp3) is 0.263. The number of imidazole rings is 1. The number of thioether (sulfide) groups is 1. The first-order chi connectivity index (χ1) is 13.0. The Morgan fingerprint density at radius 1 is 1.19 bits per heavy atom. The Labute approximate surface area is 160 Å². The molecule has 3 aromatic heterocycles.